The maximum Gasteiger partial charge on any atom is 0.330 e. The van der Waals surface area contributed by atoms with Crippen molar-refractivity contribution >= 4 is 17.7 Å². The summed E-state index contributed by atoms with van der Waals surface area (Å²) in [6.45, 7) is 1.65. The van der Waals surface area contributed by atoms with Crippen molar-refractivity contribution < 1.29 is 9.53 Å². The molecule has 82 valence electrons. The lowest BCUT2D eigenvalue weighted by molar-refractivity contribution is -0.146. The number of rotatable bonds is 3. The number of esters is 1. The fourth-order valence-corrected chi connectivity index (χ4v) is 1.68. The molecule has 1 rings (SSSR count). The molecule has 1 unspecified atom stereocenters. The van der Waals surface area contributed by atoms with Gasteiger partial charge in [-0.15, -0.1) is 11.8 Å². The first-order valence-corrected chi connectivity index (χ1v) is 5.76. The Morgan fingerprint density at radius 1 is 1.40 bits per heavy atom. The Morgan fingerprint density at radius 3 is 2.33 bits per heavy atom. The summed E-state index contributed by atoms with van der Waals surface area (Å²) in [4.78, 5) is 12.6. The van der Waals surface area contributed by atoms with E-state index in [0.29, 0.717) is 0 Å². The number of ether oxygens (including phenoxy) is 1. The average Bonchev–Trinajstić information content (AvgIpc) is 2.28. The summed E-state index contributed by atoms with van der Waals surface area (Å²) in [6, 6.07) is 7.58. The molecule has 0 bridgehead atoms. The van der Waals surface area contributed by atoms with Crippen molar-refractivity contribution in [2.75, 3.05) is 13.4 Å². The first kappa shape index (κ1) is 12.1. The lowest BCUT2D eigenvalue weighted by Gasteiger charge is -2.21. The van der Waals surface area contributed by atoms with Crippen molar-refractivity contribution in [3.05, 3.63) is 29.8 Å². The third-order valence-corrected chi connectivity index (χ3v) is 3.04. The summed E-state index contributed by atoms with van der Waals surface area (Å²) in [7, 11) is 1.34. The number of carbonyl (C=O) groups excluding carboxylic acids is 1. The van der Waals surface area contributed by atoms with Gasteiger partial charge in [0.05, 0.1) is 7.11 Å². The monoisotopic (exact) mass is 225 g/mol. The molecule has 0 aliphatic carbocycles. The van der Waals surface area contributed by atoms with Gasteiger partial charge in [-0.25, -0.2) is 4.79 Å². The van der Waals surface area contributed by atoms with Crippen molar-refractivity contribution in [3.8, 4) is 0 Å². The van der Waals surface area contributed by atoms with Gasteiger partial charge in [0.1, 0.15) is 5.54 Å². The zero-order valence-corrected chi connectivity index (χ0v) is 9.93. The minimum absolute atomic E-state index is 0.431. The fourth-order valence-electron chi connectivity index (χ4n) is 1.27. The molecule has 3 nitrogen and oxygen atoms in total. The third-order valence-electron chi connectivity index (χ3n) is 2.30. The number of carbonyl (C=O) groups is 1. The first-order valence-electron chi connectivity index (χ1n) is 4.54. The normalized spacial score (nSPS) is 14.4. The molecule has 1 aromatic carbocycles. The van der Waals surface area contributed by atoms with Gasteiger partial charge >= 0.3 is 5.97 Å². The van der Waals surface area contributed by atoms with E-state index in [1.165, 1.54) is 7.11 Å². The average molecular weight is 225 g/mol. The van der Waals surface area contributed by atoms with Crippen LogP contribution in [0.2, 0.25) is 0 Å². The highest BCUT2D eigenvalue weighted by molar-refractivity contribution is 7.98. The van der Waals surface area contributed by atoms with Crippen LogP contribution in [0.25, 0.3) is 0 Å². The van der Waals surface area contributed by atoms with E-state index in [-0.39, 0.29) is 0 Å². The van der Waals surface area contributed by atoms with Crippen LogP contribution >= 0.6 is 11.8 Å². The number of hydrogen-bond donors (Lipinski definition) is 1. The summed E-state index contributed by atoms with van der Waals surface area (Å²) < 4.78 is 4.66. The SMILES string of the molecule is COC(=O)C(C)(N)c1ccc(SC)cc1. The molecule has 0 spiro atoms. The quantitative estimate of drug-likeness (QED) is 0.629. The largest absolute Gasteiger partial charge is 0.467 e. The highest BCUT2D eigenvalue weighted by atomic mass is 32.2. The molecule has 0 amide bonds. The van der Waals surface area contributed by atoms with E-state index in [9.17, 15) is 4.79 Å². The number of hydrogen-bond acceptors (Lipinski definition) is 4. The minimum atomic E-state index is -1.08. The van der Waals surface area contributed by atoms with E-state index in [0.717, 1.165) is 10.5 Å². The Morgan fingerprint density at radius 2 is 1.93 bits per heavy atom. The molecule has 1 aromatic rings. The maximum atomic E-state index is 11.4. The van der Waals surface area contributed by atoms with Crippen LogP contribution in [0, 0.1) is 0 Å². The smallest absolute Gasteiger partial charge is 0.330 e. The van der Waals surface area contributed by atoms with Crippen LogP contribution in [-0.4, -0.2) is 19.3 Å². The van der Waals surface area contributed by atoms with Gasteiger partial charge in [-0.1, -0.05) is 12.1 Å². The highest BCUT2D eigenvalue weighted by Gasteiger charge is 2.31. The standard InChI is InChI=1S/C11H15NO2S/c1-11(12,10(13)14-2)8-4-6-9(15-3)7-5-8/h4-7H,12H2,1-3H3. The number of benzene rings is 1. The van der Waals surface area contributed by atoms with E-state index in [2.05, 4.69) is 4.74 Å². The molecule has 1 atom stereocenters. The molecule has 0 aliphatic rings. The predicted octanol–water partition coefficient (Wildman–Crippen LogP) is 1.76. The van der Waals surface area contributed by atoms with Gasteiger partial charge in [0.15, 0.2) is 0 Å². The second-order valence-corrected chi connectivity index (χ2v) is 4.30. The van der Waals surface area contributed by atoms with Crippen molar-refractivity contribution in [2.24, 2.45) is 5.73 Å². The zero-order chi connectivity index (χ0) is 11.5. The molecule has 0 saturated carbocycles. The summed E-state index contributed by atoms with van der Waals surface area (Å²) in [5.41, 5.74) is 5.58. The lowest BCUT2D eigenvalue weighted by Crippen LogP contribution is -2.42. The van der Waals surface area contributed by atoms with Gasteiger partial charge in [-0.2, -0.15) is 0 Å². The minimum Gasteiger partial charge on any atom is -0.467 e. The lowest BCUT2D eigenvalue weighted by atomic mass is 9.93. The molecule has 15 heavy (non-hydrogen) atoms. The van der Waals surface area contributed by atoms with Crippen LogP contribution in [0.1, 0.15) is 12.5 Å². The molecule has 0 aliphatic heterocycles. The van der Waals surface area contributed by atoms with E-state index in [4.69, 9.17) is 5.73 Å². The number of methoxy groups -OCH3 is 1. The first-order chi connectivity index (χ1) is 7.02. The van der Waals surface area contributed by atoms with E-state index in [1.54, 1.807) is 18.7 Å². The molecular formula is C11H15NO2S. The van der Waals surface area contributed by atoms with Gasteiger partial charge in [0, 0.05) is 4.90 Å². The molecular weight excluding hydrogens is 210 g/mol. The van der Waals surface area contributed by atoms with Crippen LogP contribution in [-0.2, 0) is 15.1 Å². The molecule has 2 N–H and O–H groups in total. The summed E-state index contributed by atoms with van der Waals surface area (Å²) in [5.74, 6) is -0.431. The molecule has 4 heteroatoms. The Kier molecular flexibility index (Phi) is 3.77. The predicted molar refractivity (Wildman–Crippen MR) is 61.8 cm³/mol. The van der Waals surface area contributed by atoms with Gasteiger partial charge in [0.2, 0.25) is 0 Å². The Bertz CT molecular complexity index is 346. The van der Waals surface area contributed by atoms with Gasteiger partial charge in [0.25, 0.3) is 0 Å². The molecule has 0 fully saturated rings. The van der Waals surface area contributed by atoms with E-state index in [1.807, 2.05) is 30.5 Å². The van der Waals surface area contributed by atoms with Gasteiger partial charge in [-0.05, 0) is 30.9 Å². The van der Waals surface area contributed by atoms with Gasteiger partial charge < -0.3 is 10.5 Å². The molecule has 0 aromatic heterocycles. The maximum absolute atomic E-state index is 11.4. The Balaban J connectivity index is 3.00. The highest BCUT2D eigenvalue weighted by Crippen LogP contribution is 2.22. The van der Waals surface area contributed by atoms with Crippen LogP contribution in [0.3, 0.4) is 0 Å². The number of nitrogens with two attached hydrogens (primary N) is 1. The molecule has 0 radical (unpaired) electrons. The van der Waals surface area contributed by atoms with Crippen LogP contribution < -0.4 is 5.73 Å². The number of thioether (sulfide) groups is 1. The topological polar surface area (TPSA) is 52.3 Å². The van der Waals surface area contributed by atoms with Crippen molar-refractivity contribution in [1.82, 2.24) is 0 Å². The van der Waals surface area contributed by atoms with Crippen LogP contribution in [0.15, 0.2) is 29.2 Å². The van der Waals surface area contributed by atoms with Crippen molar-refractivity contribution in [1.29, 1.82) is 0 Å². The Labute approximate surface area is 94.0 Å². The second-order valence-electron chi connectivity index (χ2n) is 3.42. The van der Waals surface area contributed by atoms with E-state index >= 15 is 0 Å². The molecule has 0 heterocycles. The van der Waals surface area contributed by atoms with Crippen LogP contribution in [0.5, 0.6) is 0 Å². The zero-order valence-electron chi connectivity index (χ0n) is 9.11. The Hall–Kier alpha value is -1.00. The van der Waals surface area contributed by atoms with Crippen molar-refractivity contribution in [3.63, 3.8) is 0 Å². The third kappa shape index (κ3) is 2.52. The van der Waals surface area contributed by atoms with E-state index < -0.39 is 11.5 Å². The summed E-state index contributed by atoms with van der Waals surface area (Å²) >= 11 is 1.65. The fraction of sp³-hybridized carbons (Fsp3) is 0.364. The van der Waals surface area contributed by atoms with Crippen molar-refractivity contribution in [2.45, 2.75) is 17.4 Å². The summed E-state index contributed by atoms with van der Waals surface area (Å²) in [5, 5.41) is 0. The second kappa shape index (κ2) is 4.68. The van der Waals surface area contributed by atoms with Crippen LogP contribution in [0.4, 0.5) is 0 Å². The summed E-state index contributed by atoms with van der Waals surface area (Å²) in [6.07, 6.45) is 2.00. The van der Waals surface area contributed by atoms with Gasteiger partial charge in [-0.3, -0.25) is 0 Å². The molecule has 0 saturated heterocycles.